The van der Waals surface area contributed by atoms with Crippen LogP contribution in [0.3, 0.4) is 0 Å². The van der Waals surface area contributed by atoms with Crippen molar-refractivity contribution >= 4 is 35.3 Å². The third-order valence-corrected chi connectivity index (χ3v) is 10.4. The number of fused-ring (bicyclic) bond motifs is 3. The summed E-state index contributed by atoms with van der Waals surface area (Å²) >= 11 is 0. The molecule has 1 aliphatic carbocycles. The predicted octanol–water partition coefficient (Wildman–Crippen LogP) is -0.211. The van der Waals surface area contributed by atoms with Crippen LogP contribution in [0.2, 0.25) is 0 Å². The van der Waals surface area contributed by atoms with Gasteiger partial charge in [-0.05, 0) is 47.0 Å². The number of hydrogen-bond donors (Lipinski definition) is 10. The van der Waals surface area contributed by atoms with E-state index in [9.17, 15) is 50.8 Å². The lowest BCUT2D eigenvalue weighted by Crippen LogP contribution is -2.78. The van der Waals surface area contributed by atoms with E-state index < -0.39 is 83.1 Å². The first-order valence-corrected chi connectivity index (χ1v) is 18.0. The van der Waals surface area contributed by atoms with Crippen LogP contribution in [0.25, 0.3) is 5.76 Å². The molecule has 3 aromatic rings. The Morgan fingerprint density at radius 1 is 1.05 bits per heavy atom. The maximum atomic E-state index is 12.6. The van der Waals surface area contributed by atoms with Gasteiger partial charge in [-0.1, -0.05) is 30.3 Å². The van der Waals surface area contributed by atoms with Gasteiger partial charge in [-0.3, -0.25) is 10.4 Å². The molecule has 306 valence electrons. The van der Waals surface area contributed by atoms with Crippen molar-refractivity contribution in [2.75, 3.05) is 13.2 Å². The van der Waals surface area contributed by atoms with Gasteiger partial charge in [0.1, 0.15) is 59.3 Å². The van der Waals surface area contributed by atoms with Crippen LogP contribution in [-0.4, -0.2) is 124 Å². The molecule has 0 radical (unpaired) electrons. The minimum Gasteiger partial charge on any atom is -0.508 e. The number of nitrogens with two attached hydrogens (primary N) is 1. The number of aliphatic hydroxyl groups is 6. The number of aliphatic carboxylic acids is 1. The van der Waals surface area contributed by atoms with Gasteiger partial charge in [-0.15, -0.1) is 0 Å². The first-order chi connectivity index (χ1) is 28.2. The Hall–Kier alpha value is -6.61. The molecule has 8 rings (SSSR count). The number of hydrogen-bond acceptors (Lipinski definition) is 16. The van der Waals surface area contributed by atoms with Crippen LogP contribution in [0.15, 0.2) is 100.0 Å². The third kappa shape index (κ3) is 6.94. The lowest BCUT2D eigenvalue weighted by atomic mass is 9.64. The number of aliphatic imine (C=N–C) groups is 3. The Labute approximate surface area is 333 Å². The zero-order chi connectivity index (χ0) is 41.8. The molecule has 5 aliphatic rings. The number of phenolic OH excluding ortho intramolecular Hbond substituents is 2. The van der Waals surface area contributed by atoms with Gasteiger partial charge in [0.15, 0.2) is 35.0 Å². The highest BCUT2D eigenvalue weighted by Gasteiger charge is 2.70. The monoisotopic (exact) mass is 813 g/mol. The van der Waals surface area contributed by atoms with Gasteiger partial charge >= 0.3 is 11.8 Å². The largest absolute Gasteiger partial charge is 0.508 e. The average Bonchev–Trinajstić information content (AvgIpc) is 3.90. The molecule has 19 heteroatoms. The number of nitrogens with zero attached hydrogens (tertiary/aromatic N) is 3. The summed E-state index contributed by atoms with van der Waals surface area (Å²) < 4.78 is 29.3. The number of ether oxygens (including phenoxy) is 5. The lowest BCUT2D eigenvalue weighted by molar-refractivity contribution is -0.337. The Bertz CT molecular complexity index is 2390. The first kappa shape index (κ1) is 39.2. The first-order valence-electron chi connectivity index (χ1n) is 18.0. The maximum Gasteiger partial charge on any atom is 0.336 e. The van der Waals surface area contributed by atoms with Crippen molar-refractivity contribution in [2.24, 2.45) is 20.9 Å². The number of phenols is 2. The Morgan fingerprint density at radius 3 is 2.51 bits per heavy atom. The van der Waals surface area contributed by atoms with Crippen molar-refractivity contribution in [3.8, 4) is 34.5 Å². The van der Waals surface area contributed by atoms with E-state index in [4.69, 9.17) is 29.1 Å². The molecule has 4 heterocycles. The van der Waals surface area contributed by atoms with Gasteiger partial charge in [0.05, 0.1) is 18.2 Å². The van der Waals surface area contributed by atoms with Crippen molar-refractivity contribution in [2.45, 2.75) is 48.2 Å². The van der Waals surface area contributed by atoms with E-state index in [0.29, 0.717) is 17.0 Å². The highest BCUT2D eigenvalue weighted by molar-refractivity contribution is 6.14. The van der Waals surface area contributed by atoms with Crippen molar-refractivity contribution in [1.82, 2.24) is 0 Å². The van der Waals surface area contributed by atoms with Crippen LogP contribution >= 0.6 is 0 Å². The number of amidine groups is 1. The van der Waals surface area contributed by atoms with E-state index >= 15 is 0 Å². The smallest absolute Gasteiger partial charge is 0.336 e. The lowest BCUT2D eigenvalue weighted by Gasteiger charge is -2.55. The zero-order valence-electron chi connectivity index (χ0n) is 30.5. The van der Waals surface area contributed by atoms with Crippen molar-refractivity contribution < 1.29 is 79.8 Å². The molecule has 0 spiro atoms. The van der Waals surface area contributed by atoms with Gasteiger partial charge in [-0.2, -0.15) is 0 Å². The molecule has 1 saturated heterocycles. The zero-order valence-corrected chi connectivity index (χ0v) is 30.5. The van der Waals surface area contributed by atoms with Gasteiger partial charge in [0, 0.05) is 23.8 Å². The fraction of sp³-hybridized carbons (Fsp3) is 0.275. The number of rotatable bonds is 12. The molecule has 1 unspecified atom stereocenters. The second-order valence-electron chi connectivity index (χ2n) is 14.2. The fourth-order valence-corrected chi connectivity index (χ4v) is 7.39. The Kier molecular flexibility index (Phi) is 9.95. The minimum atomic E-state index is -2.67. The number of carboxylic acids is 1. The highest BCUT2D eigenvalue weighted by Crippen LogP contribution is 2.53. The molecule has 0 saturated carbocycles. The number of carboxylic acid groups (broad SMARTS) is 1. The topological polar surface area (TPSA) is 308 Å². The molecule has 1 fully saturated rings. The van der Waals surface area contributed by atoms with E-state index in [0.717, 1.165) is 12.1 Å². The summed E-state index contributed by atoms with van der Waals surface area (Å²) in [5.41, 5.74) is -4.59. The van der Waals surface area contributed by atoms with Crippen molar-refractivity contribution in [3.63, 3.8) is 0 Å². The summed E-state index contributed by atoms with van der Waals surface area (Å²) in [7, 11) is 0. The SMILES string of the molecule is [NH2+]=C1C=CC([C@@H](O)COc2ccc(C3C=C(O)c4c(cc(O[C@@H]5O[C@H](C(=O)O)[C@]6(O)[C@H](C7=NC=NC7)C=C[C@@]5(O)[C@@H]6O)c(O[C@H](O)c5cccc(O)c5)c4O)O3)cc2)=N1. The van der Waals surface area contributed by atoms with Crippen LogP contribution in [0.1, 0.15) is 29.1 Å². The molecular formula is C40H37N4O15+. The third-order valence-electron chi connectivity index (χ3n) is 10.4. The fourth-order valence-electron chi connectivity index (χ4n) is 7.39. The summed E-state index contributed by atoms with van der Waals surface area (Å²) in [6.07, 6.45) is -2.66. The van der Waals surface area contributed by atoms with E-state index in [1.807, 2.05) is 0 Å². The van der Waals surface area contributed by atoms with Crippen LogP contribution in [0.5, 0.6) is 34.5 Å². The van der Waals surface area contributed by atoms with Crippen LogP contribution in [0.4, 0.5) is 0 Å². The van der Waals surface area contributed by atoms with Crippen molar-refractivity contribution in [1.29, 1.82) is 0 Å². The number of aromatic hydroxyl groups is 2. The molecule has 4 aliphatic heterocycles. The molecule has 2 bridgehead atoms. The van der Waals surface area contributed by atoms with Crippen molar-refractivity contribution in [3.05, 3.63) is 102 Å². The van der Waals surface area contributed by atoms with Gasteiger partial charge < -0.3 is 69.6 Å². The molecule has 0 amide bonds. The normalized spacial score (nSPS) is 28.8. The molecular weight excluding hydrogens is 776 g/mol. The van der Waals surface area contributed by atoms with E-state index in [1.165, 1.54) is 42.8 Å². The number of carbonyl (C=O) groups is 1. The number of benzene rings is 3. The summed E-state index contributed by atoms with van der Waals surface area (Å²) in [6, 6.07) is 12.8. The molecule has 0 aromatic heterocycles. The van der Waals surface area contributed by atoms with Crippen LogP contribution < -0.4 is 24.4 Å². The highest BCUT2D eigenvalue weighted by atomic mass is 16.7. The van der Waals surface area contributed by atoms with Gasteiger partial charge in [0.25, 0.3) is 0 Å². The van der Waals surface area contributed by atoms with Gasteiger partial charge in [-0.25, -0.2) is 9.79 Å². The van der Waals surface area contributed by atoms with Crippen LogP contribution in [0, 0.1) is 5.92 Å². The summed E-state index contributed by atoms with van der Waals surface area (Å²) in [5.74, 6) is -5.36. The molecule has 11 N–H and O–H groups in total. The standard InChI is InChI=1S/C40H36N4O15/c41-30-9-8-23(44-30)26(47)16-55-21-6-4-18(5-7-21)27-13-25(46)31-28(56-27)14-29(33(32(31)48)58-36(51)19-2-1-3-20(45)12-19)57-38-39(53)11-10-22(24-15-42-17-43-24)40(54,37(39)52)34(59-38)35(49)50/h1-14,17,22,26-27,34,36-38,41,45-48,51-54H,15-16H2,(H,49,50)/p+1/t22-,26-,27?,34+,36-,37-,38+,39+,40+/m0/s1. The quantitative estimate of drug-likeness (QED) is 0.0836. The summed E-state index contributed by atoms with van der Waals surface area (Å²) in [5, 5.41) is 106. The number of aliphatic hydroxyl groups excluding tert-OH is 4. The molecule has 19 nitrogen and oxygen atoms in total. The summed E-state index contributed by atoms with van der Waals surface area (Å²) in [4.78, 5) is 24.7. The molecule has 59 heavy (non-hydrogen) atoms. The van der Waals surface area contributed by atoms with Gasteiger partial charge in [0.2, 0.25) is 18.3 Å². The molecule has 3 aromatic carbocycles. The Balaban J connectivity index is 1.12. The second-order valence-corrected chi connectivity index (χ2v) is 14.2. The maximum absolute atomic E-state index is 12.6. The predicted molar refractivity (Wildman–Crippen MR) is 203 cm³/mol. The summed E-state index contributed by atoms with van der Waals surface area (Å²) in [6.45, 7) is -0.139. The van der Waals surface area contributed by atoms with E-state index in [1.54, 1.807) is 36.4 Å². The Morgan fingerprint density at radius 2 is 1.83 bits per heavy atom. The van der Waals surface area contributed by atoms with Crippen LogP contribution in [-0.2, 0) is 9.53 Å². The molecule has 9 atom stereocenters. The average molecular weight is 814 g/mol. The second kappa shape index (κ2) is 15.0. The van der Waals surface area contributed by atoms with E-state index in [-0.39, 0.29) is 47.3 Å². The van der Waals surface area contributed by atoms with E-state index in [2.05, 4.69) is 15.0 Å². The minimum absolute atomic E-state index is 0.0115.